The summed E-state index contributed by atoms with van der Waals surface area (Å²) < 4.78 is 6.34. The molecular weight excluding hydrogens is 196 g/mol. The fourth-order valence-electron chi connectivity index (χ4n) is 4.49. The first-order chi connectivity index (χ1) is 7.47. The zero-order valence-electron chi connectivity index (χ0n) is 11.0. The van der Waals surface area contributed by atoms with Gasteiger partial charge in [0.05, 0.1) is 11.7 Å². The highest BCUT2D eigenvalue weighted by Gasteiger charge is 2.65. The summed E-state index contributed by atoms with van der Waals surface area (Å²) in [6.45, 7) is 9.57. The maximum absolute atomic E-state index is 6.34. The standard InChI is InChI=1S/C15H24O/c1-10-7-9-15-11(2)6-5-8-14(3,4)13(15)12(10)16-15/h7,11-13H,5-6,8-9H2,1-4H3/t11-,12-,13+,15+/m0/s1. The highest BCUT2D eigenvalue weighted by atomic mass is 16.5. The third-order valence-corrected chi connectivity index (χ3v) is 5.50. The molecule has 0 aromatic carbocycles. The fourth-order valence-corrected chi connectivity index (χ4v) is 4.49. The van der Waals surface area contributed by atoms with E-state index in [0.29, 0.717) is 11.5 Å². The molecule has 1 saturated carbocycles. The second kappa shape index (κ2) is 3.13. The summed E-state index contributed by atoms with van der Waals surface area (Å²) in [6.07, 6.45) is 8.12. The van der Waals surface area contributed by atoms with Gasteiger partial charge in [0.15, 0.2) is 0 Å². The van der Waals surface area contributed by atoms with Crippen LogP contribution in [0.3, 0.4) is 0 Å². The average molecular weight is 220 g/mol. The van der Waals surface area contributed by atoms with Crippen molar-refractivity contribution in [2.75, 3.05) is 0 Å². The lowest BCUT2D eigenvalue weighted by Crippen LogP contribution is -2.68. The fraction of sp³-hybridized carbons (Fsp3) is 0.867. The van der Waals surface area contributed by atoms with Crippen LogP contribution in [0.25, 0.3) is 0 Å². The Morgan fingerprint density at radius 1 is 1.38 bits per heavy atom. The third-order valence-electron chi connectivity index (χ3n) is 5.50. The molecule has 2 heterocycles. The normalized spacial score (nSPS) is 49.8. The van der Waals surface area contributed by atoms with E-state index in [2.05, 4.69) is 33.8 Å². The summed E-state index contributed by atoms with van der Waals surface area (Å²) in [5, 5.41) is 0. The van der Waals surface area contributed by atoms with Gasteiger partial charge in [-0.3, -0.25) is 0 Å². The molecule has 4 aliphatic rings. The first kappa shape index (κ1) is 10.8. The number of hydrogen-bond donors (Lipinski definition) is 0. The Hall–Kier alpha value is -0.300. The van der Waals surface area contributed by atoms with Gasteiger partial charge in [-0.05, 0) is 43.1 Å². The lowest BCUT2D eigenvalue weighted by atomic mass is 9.55. The Bertz CT molecular complexity index is 341. The molecule has 1 heteroatoms. The third kappa shape index (κ3) is 1.16. The van der Waals surface area contributed by atoms with Gasteiger partial charge in [-0.25, -0.2) is 0 Å². The van der Waals surface area contributed by atoms with Crippen LogP contribution in [0.4, 0.5) is 0 Å². The van der Waals surface area contributed by atoms with Crippen LogP contribution in [-0.2, 0) is 4.74 Å². The molecule has 4 rings (SSSR count). The molecule has 16 heavy (non-hydrogen) atoms. The van der Waals surface area contributed by atoms with Gasteiger partial charge in [0, 0.05) is 5.92 Å². The summed E-state index contributed by atoms with van der Waals surface area (Å²) >= 11 is 0. The van der Waals surface area contributed by atoms with Crippen LogP contribution in [0, 0.1) is 17.3 Å². The summed E-state index contributed by atoms with van der Waals surface area (Å²) in [4.78, 5) is 0. The van der Waals surface area contributed by atoms with E-state index in [0.717, 1.165) is 18.3 Å². The summed E-state index contributed by atoms with van der Waals surface area (Å²) in [5.74, 6) is 1.50. The molecule has 2 aliphatic carbocycles. The monoisotopic (exact) mass is 220 g/mol. The van der Waals surface area contributed by atoms with Crippen LogP contribution in [0.5, 0.6) is 0 Å². The predicted molar refractivity (Wildman–Crippen MR) is 66.3 cm³/mol. The van der Waals surface area contributed by atoms with E-state index in [1.165, 1.54) is 24.8 Å². The van der Waals surface area contributed by atoms with Gasteiger partial charge in [-0.1, -0.05) is 33.3 Å². The molecule has 0 unspecified atom stereocenters. The van der Waals surface area contributed by atoms with Crippen molar-refractivity contribution in [2.45, 2.75) is 65.1 Å². The molecule has 90 valence electrons. The first-order valence-electron chi connectivity index (χ1n) is 6.82. The minimum Gasteiger partial charge on any atom is -0.366 e. The Labute approximate surface area is 99.3 Å². The zero-order chi connectivity index (χ0) is 11.6. The molecular formula is C15H24O. The number of ether oxygens (including phenoxy) is 1. The van der Waals surface area contributed by atoms with Gasteiger partial charge >= 0.3 is 0 Å². The van der Waals surface area contributed by atoms with Crippen LogP contribution in [0.15, 0.2) is 11.6 Å². The van der Waals surface area contributed by atoms with E-state index in [-0.39, 0.29) is 5.60 Å². The van der Waals surface area contributed by atoms with Crippen LogP contribution in [-0.4, -0.2) is 11.7 Å². The first-order valence-corrected chi connectivity index (χ1v) is 6.82. The minimum atomic E-state index is 0.199. The molecule has 1 nitrogen and oxygen atoms in total. The van der Waals surface area contributed by atoms with E-state index in [1.54, 1.807) is 0 Å². The van der Waals surface area contributed by atoms with E-state index >= 15 is 0 Å². The number of hydrogen-bond acceptors (Lipinski definition) is 1. The highest BCUT2D eigenvalue weighted by Crippen LogP contribution is 2.62. The maximum atomic E-state index is 6.34. The van der Waals surface area contributed by atoms with E-state index in [1.807, 2.05) is 0 Å². The smallest absolute Gasteiger partial charge is 0.0851 e. The van der Waals surface area contributed by atoms with Gasteiger partial charge in [0.25, 0.3) is 0 Å². The molecule has 0 N–H and O–H groups in total. The van der Waals surface area contributed by atoms with Crippen molar-refractivity contribution in [1.82, 2.24) is 0 Å². The number of fused-ring (bicyclic) bond motifs is 1. The van der Waals surface area contributed by atoms with Crippen molar-refractivity contribution in [2.24, 2.45) is 17.3 Å². The van der Waals surface area contributed by atoms with Crippen LogP contribution >= 0.6 is 0 Å². The van der Waals surface area contributed by atoms with Crippen molar-refractivity contribution in [3.63, 3.8) is 0 Å². The van der Waals surface area contributed by atoms with Crippen LogP contribution < -0.4 is 0 Å². The van der Waals surface area contributed by atoms with Gasteiger partial charge in [0.2, 0.25) is 0 Å². The summed E-state index contributed by atoms with van der Waals surface area (Å²) in [6, 6.07) is 0. The minimum absolute atomic E-state index is 0.199. The maximum Gasteiger partial charge on any atom is 0.0851 e. The number of rotatable bonds is 0. The second-order valence-corrected chi connectivity index (χ2v) is 6.91. The Morgan fingerprint density at radius 2 is 2.12 bits per heavy atom. The van der Waals surface area contributed by atoms with E-state index in [4.69, 9.17) is 4.74 Å². The van der Waals surface area contributed by atoms with Crippen molar-refractivity contribution >= 4 is 0 Å². The molecule has 0 radical (unpaired) electrons. The largest absolute Gasteiger partial charge is 0.366 e. The Kier molecular flexibility index (Phi) is 2.12. The van der Waals surface area contributed by atoms with Crippen LogP contribution in [0.1, 0.15) is 53.4 Å². The molecule has 0 aromatic heterocycles. The van der Waals surface area contributed by atoms with Gasteiger partial charge in [0.1, 0.15) is 0 Å². The van der Waals surface area contributed by atoms with Gasteiger partial charge in [-0.2, -0.15) is 0 Å². The SMILES string of the molecule is CC1=CC[C@]23O[C@@H]1[C@@H]2C(C)(C)CCC[C@@H]3C. The van der Waals surface area contributed by atoms with Crippen molar-refractivity contribution in [3.05, 3.63) is 11.6 Å². The van der Waals surface area contributed by atoms with Gasteiger partial charge < -0.3 is 4.74 Å². The molecule has 2 aliphatic heterocycles. The molecule has 1 saturated heterocycles. The van der Waals surface area contributed by atoms with Crippen molar-refractivity contribution < 1.29 is 4.74 Å². The van der Waals surface area contributed by atoms with Crippen molar-refractivity contribution in [3.8, 4) is 0 Å². The lowest BCUT2D eigenvalue weighted by molar-refractivity contribution is -0.300. The summed E-state index contributed by atoms with van der Waals surface area (Å²) in [7, 11) is 0. The molecule has 0 amide bonds. The lowest BCUT2D eigenvalue weighted by Gasteiger charge is -2.64. The Morgan fingerprint density at radius 3 is 2.81 bits per heavy atom. The summed E-state index contributed by atoms with van der Waals surface area (Å²) in [5.41, 5.74) is 2.14. The molecule has 4 atom stereocenters. The molecule has 0 aromatic rings. The molecule has 2 bridgehead atoms. The molecule has 2 fully saturated rings. The average Bonchev–Trinajstić information content (AvgIpc) is 2.21. The van der Waals surface area contributed by atoms with E-state index < -0.39 is 0 Å². The van der Waals surface area contributed by atoms with E-state index in [9.17, 15) is 0 Å². The highest BCUT2D eigenvalue weighted by molar-refractivity contribution is 5.28. The molecule has 1 spiro atoms. The predicted octanol–water partition coefficient (Wildman–Crippen LogP) is 3.94. The van der Waals surface area contributed by atoms with Gasteiger partial charge in [-0.15, -0.1) is 0 Å². The second-order valence-electron chi connectivity index (χ2n) is 6.91. The van der Waals surface area contributed by atoms with Crippen molar-refractivity contribution in [1.29, 1.82) is 0 Å². The zero-order valence-corrected chi connectivity index (χ0v) is 11.0. The van der Waals surface area contributed by atoms with Crippen LogP contribution in [0.2, 0.25) is 0 Å². The Balaban J connectivity index is 2.03. The quantitative estimate of drug-likeness (QED) is 0.562. The topological polar surface area (TPSA) is 9.23 Å².